The standard InChI is InChI=1S/C34H25Cl3N4O3S2/c1-20(31(42)41-34-40-29(19-45-34)25-14-5-6-15-26(25)35)46-24-13-8-12-23(18-24)38-33(44)28(17-22-11-7-16-27(36)30(22)37)39-32(43)21-9-3-2-4-10-21/h2-20H,1H3,(H,38,44)(H,39,43)(H,40,41,42)/b28-17+. The quantitative estimate of drug-likeness (QED) is 0.0993. The minimum Gasteiger partial charge on any atom is -0.321 e. The van der Waals surface area contributed by atoms with Crippen molar-refractivity contribution < 1.29 is 14.4 Å². The monoisotopic (exact) mass is 706 g/mol. The first-order chi connectivity index (χ1) is 22.2. The van der Waals surface area contributed by atoms with E-state index >= 15 is 0 Å². The van der Waals surface area contributed by atoms with Crippen molar-refractivity contribution in [2.75, 3.05) is 10.6 Å². The maximum Gasteiger partial charge on any atom is 0.272 e. The Kier molecular flexibility index (Phi) is 11.2. The van der Waals surface area contributed by atoms with Gasteiger partial charge in [-0.3, -0.25) is 14.4 Å². The zero-order chi connectivity index (χ0) is 32.6. The van der Waals surface area contributed by atoms with Gasteiger partial charge in [0.15, 0.2) is 5.13 Å². The molecule has 1 unspecified atom stereocenters. The number of hydrogen-bond acceptors (Lipinski definition) is 6. The van der Waals surface area contributed by atoms with Crippen LogP contribution in [0.4, 0.5) is 10.8 Å². The van der Waals surface area contributed by atoms with Crippen molar-refractivity contribution in [2.24, 2.45) is 0 Å². The number of nitrogens with zero attached hydrogens (tertiary/aromatic N) is 1. The molecule has 232 valence electrons. The van der Waals surface area contributed by atoms with Crippen molar-refractivity contribution in [3.63, 3.8) is 0 Å². The first-order valence-electron chi connectivity index (χ1n) is 13.8. The maximum absolute atomic E-state index is 13.5. The van der Waals surface area contributed by atoms with E-state index in [1.807, 2.05) is 29.6 Å². The second-order valence-corrected chi connectivity index (χ2v) is 13.2. The Balaban J connectivity index is 1.28. The molecular formula is C34H25Cl3N4O3S2. The SMILES string of the molecule is CC(Sc1cccc(NC(=O)/C(=C\c2cccc(Cl)c2Cl)NC(=O)c2ccccc2)c1)C(=O)Nc1nc(-c2ccccc2Cl)cs1. The molecule has 0 fully saturated rings. The second-order valence-electron chi connectivity index (χ2n) is 9.77. The van der Waals surface area contributed by atoms with Gasteiger partial charge in [-0.05, 0) is 61.0 Å². The molecule has 1 heterocycles. The number of nitrogens with one attached hydrogen (secondary N) is 3. The Morgan fingerprint density at radius 1 is 0.848 bits per heavy atom. The Labute approximate surface area is 289 Å². The van der Waals surface area contributed by atoms with Gasteiger partial charge in [-0.15, -0.1) is 23.1 Å². The number of benzene rings is 4. The summed E-state index contributed by atoms with van der Waals surface area (Å²) in [6.45, 7) is 1.78. The van der Waals surface area contributed by atoms with Gasteiger partial charge in [-0.1, -0.05) is 89.4 Å². The summed E-state index contributed by atoms with van der Waals surface area (Å²) < 4.78 is 0. The molecule has 0 aliphatic carbocycles. The van der Waals surface area contributed by atoms with Crippen LogP contribution in [0.25, 0.3) is 17.3 Å². The van der Waals surface area contributed by atoms with Crippen LogP contribution < -0.4 is 16.0 Å². The predicted octanol–water partition coefficient (Wildman–Crippen LogP) is 9.30. The molecule has 4 aromatic carbocycles. The van der Waals surface area contributed by atoms with Gasteiger partial charge < -0.3 is 16.0 Å². The topological polar surface area (TPSA) is 100 Å². The third-order valence-electron chi connectivity index (χ3n) is 6.47. The number of thiazole rings is 1. The Morgan fingerprint density at radius 2 is 1.57 bits per heavy atom. The lowest BCUT2D eigenvalue weighted by atomic mass is 10.1. The van der Waals surface area contributed by atoms with E-state index in [1.165, 1.54) is 29.2 Å². The minimum absolute atomic E-state index is 0.0385. The molecule has 12 heteroatoms. The molecule has 0 aliphatic rings. The molecule has 0 saturated heterocycles. The van der Waals surface area contributed by atoms with E-state index in [2.05, 4.69) is 20.9 Å². The van der Waals surface area contributed by atoms with E-state index < -0.39 is 17.1 Å². The highest BCUT2D eigenvalue weighted by molar-refractivity contribution is 8.00. The van der Waals surface area contributed by atoms with Crippen molar-refractivity contribution in [3.8, 4) is 11.3 Å². The number of hydrogen-bond donors (Lipinski definition) is 3. The molecule has 5 rings (SSSR count). The summed E-state index contributed by atoms with van der Waals surface area (Å²) in [6, 6.07) is 28.0. The van der Waals surface area contributed by atoms with E-state index in [0.717, 1.165) is 10.5 Å². The van der Waals surface area contributed by atoms with Crippen LogP contribution in [0.5, 0.6) is 0 Å². The fourth-order valence-electron chi connectivity index (χ4n) is 4.16. The Morgan fingerprint density at radius 3 is 2.35 bits per heavy atom. The van der Waals surface area contributed by atoms with Crippen LogP contribution in [0.15, 0.2) is 113 Å². The normalized spacial score (nSPS) is 11.9. The highest BCUT2D eigenvalue weighted by Crippen LogP contribution is 2.32. The molecule has 0 radical (unpaired) electrons. The molecule has 46 heavy (non-hydrogen) atoms. The average Bonchev–Trinajstić information content (AvgIpc) is 3.51. The molecule has 1 aromatic heterocycles. The summed E-state index contributed by atoms with van der Waals surface area (Å²) >= 11 is 21.5. The Hall–Kier alpha value is -4.12. The first-order valence-corrected chi connectivity index (χ1v) is 16.7. The van der Waals surface area contributed by atoms with Gasteiger partial charge in [0.05, 0.1) is 21.0 Å². The molecule has 7 nitrogen and oxygen atoms in total. The van der Waals surface area contributed by atoms with E-state index in [1.54, 1.807) is 79.7 Å². The molecule has 5 aromatic rings. The minimum atomic E-state index is -0.577. The van der Waals surface area contributed by atoms with E-state index in [0.29, 0.717) is 37.7 Å². The lowest BCUT2D eigenvalue weighted by Crippen LogP contribution is -2.30. The van der Waals surface area contributed by atoms with Crippen LogP contribution in [0.3, 0.4) is 0 Å². The maximum atomic E-state index is 13.5. The lowest BCUT2D eigenvalue weighted by Gasteiger charge is -2.14. The fourth-order valence-corrected chi connectivity index (χ4v) is 6.40. The van der Waals surface area contributed by atoms with Gasteiger partial charge in [0, 0.05) is 32.1 Å². The molecule has 0 bridgehead atoms. The van der Waals surface area contributed by atoms with Gasteiger partial charge >= 0.3 is 0 Å². The molecule has 1 atom stereocenters. The van der Waals surface area contributed by atoms with Crippen LogP contribution in [0.1, 0.15) is 22.8 Å². The zero-order valence-corrected chi connectivity index (χ0v) is 28.0. The largest absolute Gasteiger partial charge is 0.321 e. The van der Waals surface area contributed by atoms with Crippen molar-refractivity contribution in [1.29, 1.82) is 0 Å². The molecule has 3 N–H and O–H groups in total. The zero-order valence-electron chi connectivity index (χ0n) is 24.1. The number of thioether (sulfide) groups is 1. The highest BCUT2D eigenvalue weighted by atomic mass is 35.5. The van der Waals surface area contributed by atoms with Crippen LogP contribution in [0.2, 0.25) is 15.1 Å². The van der Waals surface area contributed by atoms with Crippen LogP contribution in [0, 0.1) is 0 Å². The summed E-state index contributed by atoms with van der Waals surface area (Å²) in [5.74, 6) is -1.28. The van der Waals surface area contributed by atoms with E-state index in [-0.39, 0.29) is 16.6 Å². The predicted molar refractivity (Wildman–Crippen MR) is 190 cm³/mol. The van der Waals surface area contributed by atoms with Crippen LogP contribution >= 0.6 is 57.9 Å². The third kappa shape index (κ3) is 8.57. The molecule has 0 saturated carbocycles. The van der Waals surface area contributed by atoms with Gasteiger partial charge in [-0.2, -0.15) is 0 Å². The van der Waals surface area contributed by atoms with Crippen LogP contribution in [-0.2, 0) is 9.59 Å². The summed E-state index contributed by atoms with van der Waals surface area (Å²) in [4.78, 5) is 44.7. The number of amides is 3. The second kappa shape index (κ2) is 15.4. The molecule has 0 spiro atoms. The van der Waals surface area contributed by atoms with Crippen molar-refractivity contribution in [2.45, 2.75) is 17.1 Å². The van der Waals surface area contributed by atoms with Gasteiger partial charge in [0.25, 0.3) is 11.8 Å². The van der Waals surface area contributed by atoms with Crippen molar-refractivity contribution >= 4 is 92.5 Å². The number of rotatable bonds is 10. The van der Waals surface area contributed by atoms with Gasteiger partial charge in [0.1, 0.15) is 5.70 Å². The number of aromatic nitrogens is 1. The summed E-state index contributed by atoms with van der Waals surface area (Å²) in [6.07, 6.45) is 1.46. The van der Waals surface area contributed by atoms with Crippen molar-refractivity contribution in [1.82, 2.24) is 10.3 Å². The summed E-state index contributed by atoms with van der Waals surface area (Å²) in [7, 11) is 0. The Bertz CT molecular complexity index is 1930. The molecular weight excluding hydrogens is 683 g/mol. The van der Waals surface area contributed by atoms with Crippen LogP contribution in [-0.4, -0.2) is 28.0 Å². The van der Waals surface area contributed by atoms with Crippen molar-refractivity contribution in [3.05, 3.63) is 134 Å². The van der Waals surface area contributed by atoms with Gasteiger partial charge in [0.2, 0.25) is 5.91 Å². The smallest absolute Gasteiger partial charge is 0.272 e. The van der Waals surface area contributed by atoms with E-state index in [4.69, 9.17) is 34.8 Å². The average molecular weight is 708 g/mol. The number of carbonyl (C=O) groups excluding carboxylic acids is 3. The number of anilines is 2. The fraction of sp³-hybridized carbons (Fsp3) is 0.0588. The summed E-state index contributed by atoms with van der Waals surface area (Å²) in [5, 5.41) is 11.3. The molecule has 0 aliphatic heterocycles. The first kappa shape index (κ1) is 33.2. The molecule has 3 amide bonds. The van der Waals surface area contributed by atoms with Gasteiger partial charge in [-0.25, -0.2) is 4.98 Å². The summed E-state index contributed by atoms with van der Waals surface area (Å²) in [5.41, 5.74) is 2.72. The number of carbonyl (C=O) groups is 3. The van der Waals surface area contributed by atoms with E-state index in [9.17, 15) is 14.4 Å². The third-order valence-corrected chi connectivity index (χ3v) is 9.48. The number of halogens is 3. The highest BCUT2D eigenvalue weighted by Gasteiger charge is 2.19. The lowest BCUT2D eigenvalue weighted by molar-refractivity contribution is -0.115.